The van der Waals surface area contributed by atoms with E-state index >= 15 is 0 Å². The van der Waals surface area contributed by atoms with Crippen LogP contribution in [0.25, 0.3) is 4.85 Å². The summed E-state index contributed by atoms with van der Waals surface area (Å²) in [5.74, 6) is -0.247. The van der Waals surface area contributed by atoms with Gasteiger partial charge in [0.25, 0.3) is 0 Å². The molecule has 1 aromatic rings. The van der Waals surface area contributed by atoms with Crippen molar-refractivity contribution in [1.82, 2.24) is 0 Å². The third kappa shape index (κ3) is 2.50. The molecule has 1 nitrogen and oxygen atoms in total. The first-order valence-corrected chi connectivity index (χ1v) is 4.45. The lowest BCUT2D eigenvalue weighted by Crippen LogP contribution is -2.09. The van der Waals surface area contributed by atoms with Crippen LogP contribution in [0.3, 0.4) is 0 Å². The fourth-order valence-electron chi connectivity index (χ4n) is 1.36. The molecule has 0 atom stereocenters. The Kier molecular flexibility index (Phi) is 3.04. The van der Waals surface area contributed by atoms with E-state index in [1.54, 1.807) is 13.8 Å². The van der Waals surface area contributed by atoms with E-state index in [1.807, 2.05) is 0 Å². The summed E-state index contributed by atoms with van der Waals surface area (Å²) < 4.78 is 37.7. The molecule has 4 heteroatoms. The van der Waals surface area contributed by atoms with Crippen molar-refractivity contribution in [2.24, 2.45) is 0 Å². The molecule has 0 bridgehead atoms. The van der Waals surface area contributed by atoms with Gasteiger partial charge in [-0.1, -0.05) is 32.0 Å². The van der Waals surface area contributed by atoms with Crippen LogP contribution >= 0.6 is 0 Å². The summed E-state index contributed by atoms with van der Waals surface area (Å²) in [6.07, 6.45) is -4.35. The SMILES string of the molecule is [C-]#[N+]c1ccc(C(F)(F)F)c(C(C)C)c1. The zero-order chi connectivity index (χ0) is 11.6. The van der Waals surface area contributed by atoms with Gasteiger partial charge in [0.05, 0.1) is 12.1 Å². The molecule has 0 fully saturated rings. The van der Waals surface area contributed by atoms with E-state index in [-0.39, 0.29) is 17.2 Å². The van der Waals surface area contributed by atoms with Crippen LogP contribution in [0.1, 0.15) is 30.9 Å². The second-order valence-corrected chi connectivity index (χ2v) is 3.54. The fourth-order valence-corrected chi connectivity index (χ4v) is 1.36. The molecule has 0 heterocycles. The van der Waals surface area contributed by atoms with E-state index in [9.17, 15) is 13.2 Å². The van der Waals surface area contributed by atoms with Gasteiger partial charge in [0.1, 0.15) is 0 Å². The summed E-state index contributed by atoms with van der Waals surface area (Å²) >= 11 is 0. The third-order valence-electron chi connectivity index (χ3n) is 2.09. The monoisotopic (exact) mass is 213 g/mol. The minimum atomic E-state index is -4.35. The maximum Gasteiger partial charge on any atom is 0.416 e. The van der Waals surface area contributed by atoms with Crippen molar-refractivity contribution in [3.05, 3.63) is 40.7 Å². The highest BCUT2D eigenvalue weighted by atomic mass is 19.4. The summed E-state index contributed by atoms with van der Waals surface area (Å²) in [5.41, 5.74) is -0.229. The summed E-state index contributed by atoms with van der Waals surface area (Å²) in [4.78, 5) is 3.12. The molecule has 0 saturated heterocycles. The van der Waals surface area contributed by atoms with Gasteiger partial charge < -0.3 is 0 Å². The van der Waals surface area contributed by atoms with E-state index in [2.05, 4.69) is 4.85 Å². The zero-order valence-electron chi connectivity index (χ0n) is 8.39. The Labute approximate surface area is 86.4 Å². The molecule has 0 N–H and O–H groups in total. The highest BCUT2D eigenvalue weighted by molar-refractivity contribution is 5.51. The van der Waals surface area contributed by atoms with Crippen molar-refractivity contribution in [2.75, 3.05) is 0 Å². The predicted molar refractivity (Wildman–Crippen MR) is 51.8 cm³/mol. The lowest BCUT2D eigenvalue weighted by atomic mass is 9.96. The topological polar surface area (TPSA) is 4.36 Å². The fraction of sp³-hybridized carbons (Fsp3) is 0.364. The van der Waals surface area contributed by atoms with Crippen LogP contribution in [0.4, 0.5) is 18.9 Å². The van der Waals surface area contributed by atoms with Crippen LogP contribution in [-0.4, -0.2) is 0 Å². The van der Waals surface area contributed by atoms with Crippen LogP contribution < -0.4 is 0 Å². The Bertz CT molecular complexity index is 399. The Hall–Kier alpha value is -1.50. The molecule has 80 valence electrons. The minimum Gasteiger partial charge on any atom is -0.238 e. The normalized spacial score (nSPS) is 11.5. The van der Waals surface area contributed by atoms with Gasteiger partial charge in [-0.25, -0.2) is 4.85 Å². The van der Waals surface area contributed by atoms with E-state index in [4.69, 9.17) is 6.57 Å². The van der Waals surface area contributed by atoms with Crippen molar-refractivity contribution < 1.29 is 13.2 Å². The molecule has 1 aromatic carbocycles. The first-order chi connectivity index (χ1) is 6.86. The number of benzene rings is 1. The number of rotatable bonds is 1. The predicted octanol–water partition coefficient (Wildman–Crippen LogP) is 4.38. The zero-order valence-corrected chi connectivity index (χ0v) is 8.39. The summed E-state index contributed by atoms with van der Waals surface area (Å²) in [7, 11) is 0. The quantitative estimate of drug-likeness (QED) is 0.610. The van der Waals surface area contributed by atoms with Crippen molar-refractivity contribution >= 4 is 5.69 Å². The van der Waals surface area contributed by atoms with E-state index < -0.39 is 11.7 Å². The van der Waals surface area contributed by atoms with Crippen molar-refractivity contribution in [3.8, 4) is 0 Å². The Morgan fingerprint density at radius 1 is 1.27 bits per heavy atom. The van der Waals surface area contributed by atoms with Gasteiger partial charge in [-0.15, -0.1) is 0 Å². The van der Waals surface area contributed by atoms with Crippen molar-refractivity contribution in [3.63, 3.8) is 0 Å². The van der Waals surface area contributed by atoms with Crippen LogP contribution in [0, 0.1) is 6.57 Å². The maximum absolute atomic E-state index is 12.6. The minimum absolute atomic E-state index is 0.177. The molecule has 0 aromatic heterocycles. The van der Waals surface area contributed by atoms with Gasteiger partial charge >= 0.3 is 6.18 Å². The molecule has 0 aliphatic heterocycles. The van der Waals surface area contributed by atoms with Gasteiger partial charge in [-0.2, -0.15) is 13.2 Å². The number of halogens is 3. The van der Waals surface area contributed by atoms with Gasteiger partial charge in [0.15, 0.2) is 5.69 Å². The highest BCUT2D eigenvalue weighted by Gasteiger charge is 2.33. The average molecular weight is 213 g/mol. The van der Waals surface area contributed by atoms with E-state index in [1.165, 1.54) is 12.1 Å². The first kappa shape index (κ1) is 11.6. The molecule has 1 rings (SSSR count). The van der Waals surface area contributed by atoms with Crippen LogP contribution in [-0.2, 0) is 6.18 Å². The molecule has 0 unspecified atom stereocenters. The van der Waals surface area contributed by atoms with Crippen LogP contribution in [0.2, 0.25) is 0 Å². The number of alkyl halides is 3. The molecule has 0 spiro atoms. The number of hydrogen-bond acceptors (Lipinski definition) is 0. The summed E-state index contributed by atoms with van der Waals surface area (Å²) in [6, 6.07) is 3.48. The van der Waals surface area contributed by atoms with Crippen LogP contribution in [0.15, 0.2) is 18.2 Å². The largest absolute Gasteiger partial charge is 0.416 e. The standard InChI is InChI=1S/C11H10F3N/c1-7(2)9-6-8(15-3)4-5-10(9)11(12,13)14/h4-7H,1-2H3. The molecule has 15 heavy (non-hydrogen) atoms. The van der Waals surface area contributed by atoms with E-state index in [0.29, 0.717) is 0 Å². The first-order valence-electron chi connectivity index (χ1n) is 4.45. The van der Waals surface area contributed by atoms with Crippen molar-refractivity contribution in [1.29, 1.82) is 0 Å². The Morgan fingerprint density at radius 3 is 2.27 bits per heavy atom. The van der Waals surface area contributed by atoms with Crippen molar-refractivity contribution in [2.45, 2.75) is 25.9 Å². The van der Waals surface area contributed by atoms with Gasteiger partial charge in [-0.3, -0.25) is 0 Å². The molecule has 0 radical (unpaired) electrons. The number of hydrogen-bond donors (Lipinski definition) is 0. The average Bonchev–Trinajstić information content (AvgIpc) is 2.15. The smallest absolute Gasteiger partial charge is 0.238 e. The van der Waals surface area contributed by atoms with Crippen LogP contribution in [0.5, 0.6) is 0 Å². The summed E-state index contributed by atoms with van der Waals surface area (Å²) in [5, 5.41) is 0. The molecule has 0 amide bonds. The maximum atomic E-state index is 12.6. The second-order valence-electron chi connectivity index (χ2n) is 3.54. The molecule has 0 saturated carbocycles. The second kappa shape index (κ2) is 3.93. The third-order valence-corrected chi connectivity index (χ3v) is 2.09. The van der Waals surface area contributed by atoms with Gasteiger partial charge in [0.2, 0.25) is 0 Å². The number of nitrogens with zero attached hydrogens (tertiary/aromatic N) is 1. The lowest BCUT2D eigenvalue weighted by molar-refractivity contribution is -0.138. The summed E-state index contributed by atoms with van der Waals surface area (Å²) in [6.45, 7) is 10.1. The van der Waals surface area contributed by atoms with Gasteiger partial charge in [0, 0.05) is 0 Å². The molecule has 0 aliphatic rings. The Morgan fingerprint density at radius 2 is 1.87 bits per heavy atom. The molecule has 0 aliphatic carbocycles. The van der Waals surface area contributed by atoms with E-state index in [0.717, 1.165) is 6.07 Å². The highest BCUT2D eigenvalue weighted by Crippen LogP contribution is 2.36. The lowest BCUT2D eigenvalue weighted by Gasteiger charge is -2.15. The Balaban J connectivity index is 3.36. The van der Waals surface area contributed by atoms with Gasteiger partial charge in [-0.05, 0) is 11.5 Å². The molecular formula is C11H10F3N. The molecular weight excluding hydrogens is 203 g/mol.